The van der Waals surface area contributed by atoms with Crippen LogP contribution in [-0.2, 0) is 0 Å². The molecule has 0 atom stereocenters. The monoisotopic (exact) mass is 743 g/mol. The number of furan rings is 1. The van der Waals surface area contributed by atoms with E-state index in [9.17, 15) is 0 Å². The van der Waals surface area contributed by atoms with Crippen LogP contribution in [0.4, 0.5) is 0 Å². The van der Waals surface area contributed by atoms with Crippen LogP contribution >= 0.6 is 11.3 Å². The van der Waals surface area contributed by atoms with Crippen molar-refractivity contribution in [1.82, 2.24) is 4.57 Å². The Kier molecular flexibility index (Phi) is 7.13. The van der Waals surface area contributed by atoms with Gasteiger partial charge in [0.05, 0.1) is 21.4 Å². The molecule has 0 saturated carbocycles. The molecular weight excluding hydrogens is 711 g/mol. The van der Waals surface area contributed by atoms with Crippen molar-refractivity contribution < 1.29 is 4.42 Å². The van der Waals surface area contributed by atoms with E-state index in [1.54, 1.807) is 0 Å². The van der Waals surface area contributed by atoms with Gasteiger partial charge < -0.3 is 8.98 Å². The molecule has 266 valence electrons. The zero-order valence-corrected chi connectivity index (χ0v) is 31.6. The maximum absolute atomic E-state index is 6.41. The molecule has 0 N–H and O–H groups in total. The van der Waals surface area contributed by atoms with Gasteiger partial charge in [-0.05, 0) is 87.0 Å². The number of para-hydroxylation sites is 1. The van der Waals surface area contributed by atoms with Crippen LogP contribution in [0.2, 0.25) is 0 Å². The van der Waals surface area contributed by atoms with E-state index >= 15 is 0 Å². The number of rotatable bonds is 5. The van der Waals surface area contributed by atoms with E-state index in [4.69, 9.17) is 4.42 Å². The van der Waals surface area contributed by atoms with Gasteiger partial charge in [-0.1, -0.05) is 158 Å². The topological polar surface area (TPSA) is 18.1 Å². The molecule has 0 amide bonds. The molecule has 57 heavy (non-hydrogen) atoms. The highest BCUT2D eigenvalue weighted by molar-refractivity contribution is 7.27. The van der Waals surface area contributed by atoms with Gasteiger partial charge in [-0.15, -0.1) is 11.3 Å². The molecule has 2 nitrogen and oxygen atoms in total. The largest absolute Gasteiger partial charge is 0.456 e. The van der Waals surface area contributed by atoms with E-state index in [0.29, 0.717) is 0 Å². The first-order valence-electron chi connectivity index (χ1n) is 19.4. The predicted octanol–water partition coefficient (Wildman–Crippen LogP) is 15.7. The number of benzene rings is 9. The molecule has 3 heterocycles. The average Bonchev–Trinajstić information content (AvgIpc) is 3.97. The maximum atomic E-state index is 6.41. The molecule has 0 aliphatic rings. The number of hydrogen-bond acceptors (Lipinski definition) is 2. The van der Waals surface area contributed by atoms with Crippen molar-refractivity contribution in [2.75, 3.05) is 0 Å². The molecule has 12 rings (SSSR count). The number of aromatic nitrogens is 1. The van der Waals surface area contributed by atoms with Crippen LogP contribution in [0, 0.1) is 0 Å². The Morgan fingerprint density at radius 3 is 1.56 bits per heavy atom. The lowest BCUT2D eigenvalue weighted by atomic mass is 9.92. The molecule has 9 aromatic carbocycles. The minimum Gasteiger partial charge on any atom is -0.456 e. The Labute approximate surface area is 333 Å². The molecule has 0 spiro atoms. The van der Waals surface area contributed by atoms with E-state index < -0.39 is 0 Å². The van der Waals surface area contributed by atoms with Gasteiger partial charge >= 0.3 is 0 Å². The zero-order chi connectivity index (χ0) is 37.5. The summed E-state index contributed by atoms with van der Waals surface area (Å²) in [5.41, 5.74) is 15.1. The van der Waals surface area contributed by atoms with Crippen molar-refractivity contribution in [3.63, 3.8) is 0 Å². The molecule has 0 radical (unpaired) electrons. The first-order chi connectivity index (χ1) is 28.3. The summed E-state index contributed by atoms with van der Waals surface area (Å²) >= 11 is 1.90. The lowest BCUT2D eigenvalue weighted by Gasteiger charge is -2.11. The highest BCUT2D eigenvalue weighted by atomic mass is 32.1. The Morgan fingerprint density at radius 1 is 0.333 bits per heavy atom. The normalized spacial score (nSPS) is 11.9. The van der Waals surface area contributed by atoms with Gasteiger partial charge in [0.25, 0.3) is 0 Å². The fourth-order valence-electron chi connectivity index (χ4n) is 9.03. The van der Waals surface area contributed by atoms with E-state index in [-0.39, 0.29) is 0 Å². The molecule has 0 bridgehead atoms. The maximum Gasteiger partial charge on any atom is 0.136 e. The van der Waals surface area contributed by atoms with Crippen LogP contribution in [0.3, 0.4) is 0 Å². The number of nitrogens with zero attached hydrogens (tertiary/aromatic N) is 1. The van der Waals surface area contributed by atoms with Crippen molar-refractivity contribution >= 4 is 75.3 Å². The van der Waals surface area contributed by atoms with Gasteiger partial charge in [0, 0.05) is 37.0 Å². The summed E-state index contributed by atoms with van der Waals surface area (Å²) in [6.45, 7) is 0. The SMILES string of the molecule is c1ccc(-c2ccc3c(c2)c2cc(-c4ccccc4)ccc2n3-c2cccc3c2sc2c(-c4ccccc4)ccc(-c4cccc5oc6ccccc6c45)c23)cc1. The Bertz CT molecular complexity index is 3400. The van der Waals surface area contributed by atoms with Gasteiger partial charge in [-0.25, -0.2) is 0 Å². The fourth-order valence-corrected chi connectivity index (χ4v) is 10.4. The van der Waals surface area contributed by atoms with Gasteiger partial charge in [0.15, 0.2) is 0 Å². The zero-order valence-electron chi connectivity index (χ0n) is 30.8. The molecule has 12 aromatic rings. The highest BCUT2D eigenvalue weighted by Crippen LogP contribution is 2.49. The van der Waals surface area contributed by atoms with Crippen LogP contribution in [0.1, 0.15) is 0 Å². The van der Waals surface area contributed by atoms with Gasteiger partial charge in [0.1, 0.15) is 11.2 Å². The van der Waals surface area contributed by atoms with E-state index in [1.807, 2.05) is 17.4 Å². The van der Waals surface area contributed by atoms with Crippen molar-refractivity contribution in [3.05, 3.63) is 200 Å². The van der Waals surface area contributed by atoms with E-state index in [2.05, 4.69) is 199 Å². The first-order valence-corrected chi connectivity index (χ1v) is 20.2. The number of hydrogen-bond donors (Lipinski definition) is 0. The van der Waals surface area contributed by atoms with Gasteiger partial charge in [-0.2, -0.15) is 0 Å². The molecule has 0 unspecified atom stereocenters. The van der Waals surface area contributed by atoms with Crippen molar-refractivity contribution in [1.29, 1.82) is 0 Å². The second-order valence-electron chi connectivity index (χ2n) is 14.8. The Hall–Kier alpha value is -7.20. The van der Waals surface area contributed by atoms with Crippen molar-refractivity contribution in [2.24, 2.45) is 0 Å². The molecule has 0 aliphatic heterocycles. The summed E-state index contributed by atoms with van der Waals surface area (Å²) in [7, 11) is 0. The summed E-state index contributed by atoms with van der Waals surface area (Å²) in [6, 6.07) is 72.6. The number of thiophene rings is 1. The van der Waals surface area contributed by atoms with Crippen molar-refractivity contribution in [3.8, 4) is 50.2 Å². The van der Waals surface area contributed by atoms with Crippen LogP contribution in [0.15, 0.2) is 205 Å². The quantitative estimate of drug-likeness (QED) is 0.172. The summed E-state index contributed by atoms with van der Waals surface area (Å²) < 4.78 is 11.5. The standard InChI is InChI=1S/C54H33NOS/c1-4-14-34(15-5-1)37-26-30-46-44(32-37)45-33-38(35-16-6-2-7-17-35)27-31-47(45)55(46)48-23-12-22-43-52-41(29-28-39(54(52)57-53(43)48)36-18-8-3-9-19-36)40-21-13-25-50-51(40)42-20-10-11-24-49(42)56-50/h1-33H. The summed E-state index contributed by atoms with van der Waals surface area (Å²) in [4.78, 5) is 0. The van der Waals surface area contributed by atoms with Crippen LogP contribution in [-0.4, -0.2) is 4.57 Å². The third kappa shape index (κ3) is 4.96. The van der Waals surface area contributed by atoms with E-state index in [1.165, 1.54) is 92.2 Å². The summed E-state index contributed by atoms with van der Waals surface area (Å²) in [5.74, 6) is 0. The number of fused-ring (bicyclic) bond motifs is 9. The third-order valence-corrected chi connectivity index (χ3v) is 12.9. The predicted molar refractivity (Wildman–Crippen MR) is 243 cm³/mol. The lowest BCUT2D eigenvalue weighted by molar-refractivity contribution is 0.669. The van der Waals surface area contributed by atoms with Crippen LogP contribution in [0.25, 0.3) is 114 Å². The molecule has 0 aliphatic carbocycles. The Morgan fingerprint density at radius 2 is 0.877 bits per heavy atom. The highest BCUT2D eigenvalue weighted by Gasteiger charge is 2.22. The molecule has 0 saturated heterocycles. The average molecular weight is 744 g/mol. The lowest BCUT2D eigenvalue weighted by Crippen LogP contribution is -1.94. The molecular formula is C54H33NOS. The van der Waals surface area contributed by atoms with Crippen LogP contribution < -0.4 is 0 Å². The third-order valence-electron chi connectivity index (χ3n) is 11.6. The van der Waals surface area contributed by atoms with Crippen LogP contribution in [0.5, 0.6) is 0 Å². The second-order valence-corrected chi connectivity index (χ2v) is 15.8. The Balaban J connectivity index is 1.18. The van der Waals surface area contributed by atoms with E-state index in [0.717, 1.165) is 21.9 Å². The molecule has 3 aromatic heterocycles. The van der Waals surface area contributed by atoms with Gasteiger partial charge in [-0.3, -0.25) is 0 Å². The summed E-state index contributed by atoms with van der Waals surface area (Å²) in [5, 5.41) is 7.30. The first kappa shape index (κ1) is 32.1. The van der Waals surface area contributed by atoms with Crippen molar-refractivity contribution in [2.45, 2.75) is 0 Å². The molecule has 0 fully saturated rings. The van der Waals surface area contributed by atoms with Gasteiger partial charge in [0.2, 0.25) is 0 Å². The molecule has 3 heteroatoms. The fraction of sp³-hybridized carbons (Fsp3) is 0. The summed E-state index contributed by atoms with van der Waals surface area (Å²) in [6.07, 6.45) is 0. The minimum absolute atomic E-state index is 0.907. The smallest absolute Gasteiger partial charge is 0.136 e. The second kappa shape index (κ2) is 12.7. The minimum atomic E-state index is 0.907.